The van der Waals surface area contributed by atoms with Crippen LogP contribution in [0.3, 0.4) is 0 Å². The van der Waals surface area contributed by atoms with E-state index in [9.17, 15) is 14.9 Å². The number of amides is 1. The van der Waals surface area contributed by atoms with Crippen LogP contribution < -0.4 is 5.32 Å². The van der Waals surface area contributed by atoms with Crippen molar-refractivity contribution >= 4 is 40.6 Å². The van der Waals surface area contributed by atoms with Crippen LogP contribution in [0.15, 0.2) is 53.7 Å². The van der Waals surface area contributed by atoms with Crippen molar-refractivity contribution in [3.8, 4) is 5.69 Å². The van der Waals surface area contributed by atoms with Gasteiger partial charge in [0.15, 0.2) is 0 Å². The summed E-state index contributed by atoms with van der Waals surface area (Å²) in [7, 11) is 0. The van der Waals surface area contributed by atoms with Crippen LogP contribution in [0.1, 0.15) is 0 Å². The fourth-order valence-corrected chi connectivity index (χ4v) is 2.89. The SMILES string of the molecule is O=C(CSc1nnnn1-c1ccccc1)Nc1cc([N+](=O)[O-])ccc1Cl. The zero-order valence-electron chi connectivity index (χ0n) is 13.1. The first-order valence-corrected chi connectivity index (χ1v) is 8.61. The van der Waals surface area contributed by atoms with Crippen LogP contribution in [-0.4, -0.2) is 36.8 Å². The Bertz CT molecular complexity index is 950. The molecule has 9 nitrogen and oxygen atoms in total. The van der Waals surface area contributed by atoms with E-state index in [4.69, 9.17) is 11.6 Å². The molecule has 11 heteroatoms. The molecule has 132 valence electrons. The fraction of sp³-hybridized carbons (Fsp3) is 0.0667. The first-order chi connectivity index (χ1) is 12.5. The number of non-ortho nitro benzene ring substituents is 1. The summed E-state index contributed by atoms with van der Waals surface area (Å²) < 4.78 is 1.51. The van der Waals surface area contributed by atoms with E-state index in [0.29, 0.717) is 5.16 Å². The van der Waals surface area contributed by atoms with Crippen LogP contribution in [-0.2, 0) is 4.79 Å². The van der Waals surface area contributed by atoms with Gasteiger partial charge in [-0.25, -0.2) is 0 Å². The normalized spacial score (nSPS) is 10.5. The highest BCUT2D eigenvalue weighted by Crippen LogP contribution is 2.27. The molecule has 0 aliphatic heterocycles. The van der Waals surface area contributed by atoms with Gasteiger partial charge in [0.1, 0.15) is 0 Å². The monoisotopic (exact) mass is 390 g/mol. The summed E-state index contributed by atoms with van der Waals surface area (Å²) in [5.41, 5.74) is 0.779. The number of anilines is 1. The van der Waals surface area contributed by atoms with E-state index >= 15 is 0 Å². The Morgan fingerprint density at radius 3 is 2.77 bits per heavy atom. The number of halogens is 1. The number of benzene rings is 2. The maximum absolute atomic E-state index is 12.2. The summed E-state index contributed by atoms with van der Waals surface area (Å²) in [6.45, 7) is 0. The second kappa shape index (κ2) is 7.93. The fourth-order valence-electron chi connectivity index (χ4n) is 2.04. The van der Waals surface area contributed by atoms with E-state index in [1.807, 2.05) is 30.3 Å². The van der Waals surface area contributed by atoms with Crippen LogP contribution in [0, 0.1) is 10.1 Å². The number of rotatable bonds is 6. The molecule has 0 saturated carbocycles. The first-order valence-electron chi connectivity index (χ1n) is 7.25. The molecule has 0 unspecified atom stereocenters. The minimum atomic E-state index is -0.561. The van der Waals surface area contributed by atoms with Gasteiger partial charge in [0.25, 0.3) is 5.69 Å². The summed E-state index contributed by atoms with van der Waals surface area (Å²) in [5.74, 6) is -0.383. The average Bonchev–Trinajstić information content (AvgIpc) is 3.11. The number of carbonyl (C=O) groups excluding carboxylic acids is 1. The predicted molar refractivity (Wildman–Crippen MR) is 96.6 cm³/mol. The lowest BCUT2D eigenvalue weighted by Crippen LogP contribution is -2.15. The summed E-state index contributed by atoms with van der Waals surface area (Å²) >= 11 is 7.10. The number of thioether (sulfide) groups is 1. The Hall–Kier alpha value is -2.98. The Morgan fingerprint density at radius 2 is 2.04 bits per heavy atom. The molecule has 26 heavy (non-hydrogen) atoms. The van der Waals surface area contributed by atoms with E-state index in [2.05, 4.69) is 20.8 Å². The summed E-state index contributed by atoms with van der Waals surface area (Å²) in [6, 6.07) is 13.1. The van der Waals surface area contributed by atoms with Crippen molar-refractivity contribution in [1.29, 1.82) is 0 Å². The highest BCUT2D eigenvalue weighted by molar-refractivity contribution is 7.99. The van der Waals surface area contributed by atoms with Gasteiger partial charge in [-0.3, -0.25) is 14.9 Å². The third-order valence-corrected chi connectivity index (χ3v) is 4.46. The van der Waals surface area contributed by atoms with E-state index in [0.717, 1.165) is 17.4 Å². The number of nitro groups is 1. The zero-order chi connectivity index (χ0) is 18.5. The highest BCUT2D eigenvalue weighted by atomic mass is 35.5. The number of nitrogens with one attached hydrogen (secondary N) is 1. The number of aromatic nitrogens is 4. The molecule has 0 bridgehead atoms. The molecule has 1 N–H and O–H groups in total. The molecular weight excluding hydrogens is 380 g/mol. The van der Waals surface area contributed by atoms with Crippen molar-refractivity contribution in [2.24, 2.45) is 0 Å². The number of hydrogen-bond donors (Lipinski definition) is 1. The molecule has 0 aliphatic carbocycles. The molecule has 1 aromatic heterocycles. The van der Waals surface area contributed by atoms with E-state index < -0.39 is 4.92 Å². The molecule has 0 saturated heterocycles. The van der Waals surface area contributed by atoms with Gasteiger partial charge in [-0.15, -0.1) is 5.10 Å². The standard InChI is InChI=1S/C15H11ClN6O3S/c16-12-7-6-11(22(24)25)8-13(12)17-14(23)9-26-15-18-19-20-21(15)10-4-2-1-3-5-10/h1-8H,9H2,(H,17,23). The van der Waals surface area contributed by atoms with E-state index in [-0.39, 0.29) is 28.1 Å². The summed E-state index contributed by atoms with van der Waals surface area (Å²) in [6.07, 6.45) is 0. The number of hydrogen-bond acceptors (Lipinski definition) is 7. The van der Waals surface area contributed by atoms with Gasteiger partial charge >= 0.3 is 0 Å². The molecule has 0 spiro atoms. The number of carbonyl (C=O) groups is 1. The largest absolute Gasteiger partial charge is 0.324 e. The van der Waals surface area contributed by atoms with Crippen molar-refractivity contribution in [1.82, 2.24) is 20.2 Å². The van der Waals surface area contributed by atoms with Crippen LogP contribution in [0.25, 0.3) is 5.69 Å². The van der Waals surface area contributed by atoms with Gasteiger partial charge in [0.2, 0.25) is 11.1 Å². The quantitative estimate of drug-likeness (QED) is 0.390. The zero-order valence-corrected chi connectivity index (χ0v) is 14.6. The molecule has 3 rings (SSSR count). The Labute approximate surface area is 156 Å². The Morgan fingerprint density at radius 1 is 1.27 bits per heavy atom. The molecule has 0 fully saturated rings. The van der Waals surface area contributed by atoms with Gasteiger partial charge in [-0.2, -0.15) is 4.68 Å². The lowest BCUT2D eigenvalue weighted by atomic mass is 10.3. The Balaban J connectivity index is 1.67. The third-order valence-electron chi connectivity index (χ3n) is 3.21. The number of nitrogens with zero attached hydrogens (tertiary/aromatic N) is 5. The van der Waals surface area contributed by atoms with Gasteiger partial charge in [0.05, 0.1) is 27.1 Å². The van der Waals surface area contributed by atoms with E-state index in [1.54, 1.807) is 0 Å². The maximum Gasteiger partial charge on any atom is 0.271 e. The molecule has 3 aromatic rings. The Kier molecular flexibility index (Phi) is 5.44. The smallest absolute Gasteiger partial charge is 0.271 e. The van der Waals surface area contributed by atoms with Gasteiger partial charge < -0.3 is 5.32 Å². The van der Waals surface area contributed by atoms with E-state index in [1.165, 1.54) is 22.9 Å². The molecule has 1 heterocycles. The van der Waals surface area contributed by atoms with Crippen molar-refractivity contribution in [3.63, 3.8) is 0 Å². The van der Waals surface area contributed by atoms with Crippen molar-refractivity contribution < 1.29 is 9.72 Å². The first kappa shape index (κ1) is 17.8. The van der Waals surface area contributed by atoms with Crippen LogP contribution >= 0.6 is 23.4 Å². The molecular formula is C15H11ClN6O3S. The molecule has 0 aliphatic rings. The second-order valence-electron chi connectivity index (χ2n) is 4.97. The van der Waals surface area contributed by atoms with Gasteiger partial charge in [-0.1, -0.05) is 41.6 Å². The lowest BCUT2D eigenvalue weighted by Gasteiger charge is -2.07. The topological polar surface area (TPSA) is 116 Å². The van der Waals surface area contributed by atoms with Gasteiger partial charge in [-0.05, 0) is 28.6 Å². The molecule has 1 amide bonds. The van der Waals surface area contributed by atoms with Crippen molar-refractivity contribution in [2.45, 2.75) is 5.16 Å². The highest BCUT2D eigenvalue weighted by Gasteiger charge is 2.14. The number of tetrazole rings is 1. The molecule has 2 aromatic carbocycles. The second-order valence-corrected chi connectivity index (χ2v) is 6.32. The van der Waals surface area contributed by atoms with Crippen molar-refractivity contribution in [3.05, 3.63) is 63.7 Å². The summed E-state index contributed by atoms with van der Waals surface area (Å²) in [4.78, 5) is 22.4. The molecule has 0 radical (unpaired) electrons. The summed E-state index contributed by atoms with van der Waals surface area (Å²) in [5, 5.41) is 25.4. The number of nitro benzene ring substituents is 1. The number of para-hydroxylation sites is 1. The third kappa shape index (κ3) is 4.16. The molecule has 0 atom stereocenters. The van der Waals surface area contributed by atoms with Crippen LogP contribution in [0.4, 0.5) is 11.4 Å². The average molecular weight is 391 g/mol. The maximum atomic E-state index is 12.2. The van der Waals surface area contributed by atoms with Gasteiger partial charge in [0, 0.05) is 12.1 Å². The minimum Gasteiger partial charge on any atom is -0.324 e. The van der Waals surface area contributed by atoms with Crippen LogP contribution in [0.2, 0.25) is 5.02 Å². The minimum absolute atomic E-state index is 0.00618. The lowest BCUT2D eigenvalue weighted by molar-refractivity contribution is -0.384. The van der Waals surface area contributed by atoms with Crippen molar-refractivity contribution in [2.75, 3.05) is 11.1 Å². The van der Waals surface area contributed by atoms with Crippen LogP contribution in [0.5, 0.6) is 0 Å². The predicted octanol–water partition coefficient (Wildman–Crippen LogP) is 2.95.